The molecule has 0 radical (unpaired) electrons. The number of likely N-dealkylation sites (N-methyl/N-ethyl adjacent to an activating group) is 2. The number of amidine groups is 1. The van der Waals surface area contributed by atoms with Crippen molar-refractivity contribution in [3.05, 3.63) is 69.8 Å². The summed E-state index contributed by atoms with van der Waals surface area (Å²) in [6, 6.07) is 12.1. The Morgan fingerprint density at radius 2 is 1.84 bits per heavy atom. The Labute approximate surface area is 213 Å². The molecule has 37 heavy (non-hydrogen) atoms. The Morgan fingerprint density at radius 1 is 1.16 bits per heavy atom. The van der Waals surface area contributed by atoms with Crippen molar-refractivity contribution in [2.24, 2.45) is 4.99 Å². The van der Waals surface area contributed by atoms with Gasteiger partial charge >= 0.3 is 6.09 Å². The highest BCUT2D eigenvalue weighted by Crippen LogP contribution is 2.25. The quantitative estimate of drug-likeness (QED) is 0.259. The van der Waals surface area contributed by atoms with Crippen molar-refractivity contribution in [1.82, 2.24) is 14.1 Å². The molecular weight excluding hydrogens is 506 g/mol. The Morgan fingerprint density at radius 3 is 2.49 bits per heavy atom. The second kappa shape index (κ2) is 11.9. The zero-order chi connectivity index (χ0) is 27.2. The number of para-hydroxylation sites is 1. The Bertz CT molecular complexity index is 1300. The molecule has 0 aliphatic carbocycles. The maximum absolute atomic E-state index is 12.7. The van der Waals surface area contributed by atoms with Gasteiger partial charge in [-0.3, -0.25) is 24.8 Å². The molecule has 3 rings (SSSR count). The van der Waals surface area contributed by atoms with Crippen molar-refractivity contribution in [2.45, 2.75) is 11.4 Å². The molecule has 0 spiro atoms. The van der Waals surface area contributed by atoms with Crippen LogP contribution in [0, 0.1) is 10.1 Å². The van der Waals surface area contributed by atoms with Crippen LogP contribution in [-0.4, -0.2) is 97.3 Å². The summed E-state index contributed by atoms with van der Waals surface area (Å²) in [4.78, 5) is 40.6. The lowest BCUT2D eigenvalue weighted by Crippen LogP contribution is -2.33. The summed E-state index contributed by atoms with van der Waals surface area (Å²) in [7, 11) is -1.25. The normalized spacial score (nSPS) is 13.5. The van der Waals surface area contributed by atoms with Gasteiger partial charge in [0.05, 0.1) is 24.6 Å². The molecule has 0 bridgehead atoms. The fourth-order valence-electron chi connectivity index (χ4n) is 3.58. The van der Waals surface area contributed by atoms with E-state index in [-0.39, 0.29) is 32.2 Å². The predicted molar refractivity (Wildman–Crippen MR) is 133 cm³/mol. The lowest BCUT2D eigenvalue weighted by atomic mass is 10.1. The van der Waals surface area contributed by atoms with Crippen LogP contribution in [0.5, 0.6) is 0 Å². The van der Waals surface area contributed by atoms with Gasteiger partial charge in [0, 0.05) is 38.8 Å². The number of hydrogen-bond donors (Lipinski definition) is 1. The van der Waals surface area contributed by atoms with Crippen molar-refractivity contribution < 1.29 is 32.8 Å². The number of nitro groups is 1. The SMILES string of the molecule is CN(Cc1ccc(C2=NCCN2C(=O)O)cc1)C(=O)COCCN(C)S(=O)(=O)c1ccccc1[N+](=O)[O-]. The van der Waals surface area contributed by atoms with Gasteiger partial charge in [0.25, 0.3) is 5.69 Å². The predicted octanol–water partition coefficient (Wildman–Crippen LogP) is 1.63. The molecule has 0 aromatic heterocycles. The van der Waals surface area contributed by atoms with Crippen molar-refractivity contribution in [1.29, 1.82) is 0 Å². The van der Waals surface area contributed by atoms with Crippen LogP contribution in [0.4, 0.5) is 10.5 Å². The molecule has 2 amide bonds. The monoisotopic (exact) mass is 533 g/mol. The lowest BCUT2D eigenvalue weighted by Gasteiger charge is -2.19. The van der Waals surface area contributed by atoms with Gasteiger partial charge in [-0.25, -0.2) is 13.2 Å². The number of nitro benzene ring substituents is 1. The van der Waals surface area contributed by atoms with Crippen LogP contribution in [-0.2, 0) is 26.1 Å². The zero-order valence-corrected chi connectivity index (χ0v) is 21.1. The van der Waals surface area contributed by atoms with E-state index in [4.69, 9.17) is 4.74 Å². The van der Waals surface area contributed by atoms with Crippen LogP contribution < -0.4 is 0 Å². The maximum Gasteiger partial charge on any atom is 0.413 e. The number of benzene rings is 2. The van der Waals surface area contributed by atoms with Gasteiger partial charge in [0.1, 0.15) is 12.4 Å². The molecule has 1 aliphatic rings. The highest BCUT2D eigenvalue weighted by molar-refractivity contribution is 7.89. The van der Waals surface area contributed by atoms with Gasteiger partial charge in [0.15, 0.2) is 4.90 Å². The van der Waals surface area contributed by atoms with E-state index in [1.165, 1.54) is 35.0 Å². The number of ether oxygens (including phenoxy) is 1. The molecule has 1 heterocycles. The Hall–Kier alpha value is -3.88. The minimum atomic E-state index is -4.12. The van der Waals surface area contributed by atoms with E-state index < -0.39 is 31.6 Å². The van der Waals surface area contributed by atoms with Crippen LogP contribution >= 0.6 is 0 Å². The van der Waals surface area contributed by atoms with Gasteiger partial charge in [0.2, 0.25) is 15.9 Å². The van der Waals surface area contributed by atoms with E-state index in [0.717, 1.165) is 15.9 Å². The summed E-state index contributed by atoms with van der Waals surface area (Å²) in [6.45, 7) is 0.533. The number of rotatable bonds is 11. The number of carboxylic acid groups (broad SMARTS) is 1. The fourth-order valence-corrected chi connectivity index (χ4v) is 4.89. The largest absolute Gasteiger partial charge is 0.465 e. The second-order valence-corrected chi connectivity index (χ2v) is 10.2. The minimum absolute atomic E-state index is 0.0904. The van der Waals surface area contributed by atoms with Crippen LogP contribution in [0.15, 0.2) is 58.4 Å². The number of carbonyl (C=O) groups is 2. The third-order valence-electron chi connectivity index (χ3n) is 5.66. The number of nitrogens with zero attached hydrogens (tertiary/aromatic N) is 5. The number of hydrogen-bond acceptors (Lipinski definition) is 8. The van der Waals surface area contributed by atoms with Crippen LogP contribution in [0.25, 0.3) is 0 Å². The second-order valence-electron chi connectivity index (χ2n) is 8.19. The van der Waals surface area contributed by atoms with Crippen molar-refractivity contribution in [3.63, 3.8) is 0 Å². The lowest BCUT2D eigenvalue weighted by molar-refractivity contribution is -0.387. The summed E-state index contributed by atoms with van der Waals surface area (Å²) in [5.41, 5.74) is 0.965. The first kappa shape index (κ1) is 27.7. The smallest absolute Gasteiger partial charge is 0.413 e. The molecule has 1 N–H and O–H groups in total. The Balaban J connectivity index is 1.47. The first-order chi connectivity index (χ1) is 17.5. The standard InChI is InChI=1S/C23H27N5O8S/c1-25(15-17-7-9-18(10-8-17)22-24-11-12-27(22)23(30)31)21(29)16-36-14-13-26(2)37(34,35)20-6-4-3-5-19(20)28(32)33/h3-10H,11-16H2,1-2H3,(H,30,31). The minimum Gasteiger partial charge on any atom is -0.465 e. The summed E-state index contributed by atoms with van der Waals surface area (Å²) in [6.07, 6.45) is -1.06. The number of carbonyl (C=O) groups excluding carboxylic acids is 1. The van der Waals surface area contributed by atoms with Crippen LogP contribution in [0.3, 0.4) is 0 Å². The average molecular weight is 534 g/mol. The summed E-state index contributed by atoms with van der Waals surface area (Å²) >= 11 is 0. The van der Waals surface area contributed by atoms with E-state index in [1.54, 1.807) is 31.3 Å². The van der Waals surface area contributed by atoms with Crippen LogP contribution in [0.1, 0.15) is 11.1 Å². The molecule has 13 nitrogen and oxygen atoms in total. The Kier molecular flexibility index (Phi) is 8.91. The van der Waals surface area contributed by atoms with Crippen molar-refractivity contribution in [2.75, 3.05) is 46.9 Å². The maximum atomic E-state index is 12.7. The van der Waals surface area contributed by atoms with Crippen molar-refractivity contribution in [3.8, 4) is 0 Å². The topological polar surface area (TPSA) is 163 Å². The highest BCUT2D eigenvalue weighted by atomic mass is 32.2. The zero-order valence-electron chi connectivity index (χ0n) is 20.3. The van der Waals surface area contributed by atoms with Gasteiger partial charge in [-0.1, -0.05) is 36.4 Å². The van der Waals surface area contributed by atoms with E-state index >= 15 is 0 Å². The first-order valence-electron chi connectivity index (χ1n) is 11.2. The molecule has 2 aromatic rings. The number of sulfonamides is 1. The molecule has 0 saturated heterocycles. The fraction of sp³-hybridized carbons (Fsp3) is 0.348. The molecule has 1 aliphatic heterocycles. The third-order valence-corrected chi connectivity index (χ3v) is 7.56. The molecule has 0 fully saturated rings. The third kappa shape index (κ3) is 6.67. The molecule has 14 heteroatoms. The van der Waals surface area contributed by atoms with Gasteiger partial charge < -0.3 is 14.7 Å². The molecule has 0 saturated carbocycles. The van der Waals surface area contributed by atoms with E-state index in [1.807, 2.05) is 0 Å². The first-order valence-corrected chi connectivity index (χ1v) is 12.6. The van der Waals surface area contributed by atoms with Gasteiger partial charge in [-0.05, 0) is 11.6 Å². The highest BCUT2D eigenvalue weighted by Gasteiger charge is 2.29. The van der Waals surface area contributed by atoms with E-state index in [0.29, 0.717) is 24.5 Å². The molecule has 2 aromatic carbocycles. The molecule has 0 atom stereocenters. The summed E-state index contributed by atoms with van der Waals surface area (Å²) < 4.78 is 31.7. The van der Waals surface area contributed by atoms with E-state index in [9.17, 15) is 33.2 Å². The van der Waals surface area contributed by atoms with Crippen LogP contribution in [0.2, 0.25) is 0 Å². The molecule has 198 valence electrons. The number of aliphatic imine (C=N–C) groups is 1. The van der Waals surface area contributed by atoms with Crippen molar-refractivity contribution >= 4 is 33.5 Å². The summed E-state index contributed by atoms with van der Waals surface area (Å²) in [5, 5.41) is 20.4. The number of amides is 2. The average Bonchev–Trinajstić information content (AvgIpc) is 3.37. The molecule has 0 unspecified atom stereocenters. The van der Waals surface area contributed by atoms with Gasteiger partial charge in [-0.2, -0.15) is 4.31 Å². The summed E-state index contributed by atoms with van der Waals surface area (Å²) in [5.74, 6) is 0.0660. The molecular formula is C23H27N5O8S. The van der Waals surface area contributed by atoms with Gasteiger partial charge in [-0.15, -0.1) is 0 Å². The van der Waals surface area contributed by atoms with E-state index in [2.05, 4.69) is 4.99 Å².